The van der Waals surface area contributed by atoms with E-state index >= 15 is 0 Å². The van der Waals surface area contributed by atoms with Gasteiger partial charge in [0, 0.05) is 18.0 Å². The van der Waals surface area contributed by atoms with Gasteiger partial charge < -0.3 is 5.11 Å². The molecule has 0 spiro atoms. The van der Waals surface area contributed by atoms with Crippen molar-refractivity contribution in [2.45, 2.75) is 51.6 Å². The normalized spacial score (nSPS) is 21.7. The highest BCUT2D eigenvalue weighted by Gasteiger charge is 2.35. The predicted molar refractivity (Wildman–Crippen MR) is 65.1 cm³/mol. The summed E-state index contributed by atoms with van der Waals surface area (Å²) in [6.07, 6.45) is 9.71. The average molecular weight is 219 g/mol. The van der Waals surface area contributed by atoms with Crippen molar-refractivity contribution in [1.82, 2.24) is 4.98 Å². The van der Waals surface area contributed by atoms with Gasteiger partial charge in [-0.2, -0.15) is 0 Å². The second kappa shape index (κ2) is 4.54. The first-order valence-electron chi connectivity index (χ1n) is 6.26. The Morgan fingerprint density at radius 1 is 1.31 bits per heavy atom. The van der Waals surface area contributed by atoms with E-state index in [2.05, 4.69) is 4.98 Å². The van der Waals surface area contributed by atoms with Crippen molar-refractivity contribution in [2.75, 3.05) is 0 Å². The highest BCUT2D eigenvalue weighted by molar-refractivity contribution is 5.28. The quantitative estimate of drug-likeness (QED) is 0.828. The van der Waals surface area contributed by atoms with Crippen LogP contribution in [0.3, 0.4) is 0 Å². The Morgan fingerprint density at radius 3 is 2.62 bits per heavy atom. The summed E-state index contributed by atoms with van der Waals surface area (Å²) in [6.45, 7) is 4.00. The van der Waals surface area contributed by atoms with Crippen LogP contribution in [-0.2, 0) is 5.60 Å². The minimum atomic E-state index is -0.710. The molecule has 88 valence electrons. The minimum Gasteiger partial charge on any atom is -0.385 e. The van der Waals surface area contributed by atoms with E-state index in [1.165, 1.54) is 19.3 Å². The zero-order valence-corrected chi connectivity index (χ0v) is 10.2. The fourth-order valence-corrected chi connectivity index (χ4v) is 2.88. The molecule has 1 saturated carbocycles. The number of aryl methyl sites for hydroxylation is 1. The molecular weight excluding hydrogens is 198 g/mol. The number of hydrogen-bond acceptors (Lipinski definition) is 2. The van der Waals surface area contributed by atoms with E-state index in [0.717, 1.165) is 24.0 Å². The smallest absolute Gasteiger partial charge is 0.0913 e. The van der Waals surface area contributed by atoms with Gasteiger partial charge in [0.15, 0.2) is 0 Å². The van der Waals surface area contributed by atoms with Gasteiger partial charge in [0.2, 0.25) is 0 Å². The van der Waals surface area contributed by atoms with Gasteiger partial charge in [-0.3, -0.25) is 4.98 Å². The van der Waals surface area contributed by atoms with E-state index in [-0.39, 0.29) is 0 Å². The first-order valence-corrected chi connectivity index (χ1v) is 6.26. The van der Waals surface area contributed by atoms with Gasteiger partial charge in [0.25, 0.3) is 0 Å². The summed E-state index contributed by atoms with van der Waals surface area (Å²) in [6, 6.07) is 1.98. The molecule has 1 N–H and O–H groups in total. The number of aromatic nitrogens is 1. The standard InChI is InChI=1S/C14H21NO/c1-11-8-9-15-10-13(11)14(2,16)12-6-4-3-5-7-12/h8-10,12,16H,3-7H2,1-2H3. The van der Waals surface area contributed by atoms with Crippen molar-refractivity contribution in [1.29, 1.82) is 0 Å². The van der Waals surface area contributed by atoms with Gasteiger partial charge >= 0.3 is 0 Å². The van der Waals surface area contributed by atoms with E-state index in [9.17, 15) is 5.11 Å². The van der Waals surface area contributed by atoms with Crippen molar-refractivity contribution in [3.05, 3.63) is 29.6 Å². The Morgan fingerprint density at radius 2 is 2.00 bits per heavy atom. The van der Waals surface area contributed by atoms with E-state index < -0.39 is 5.60 Å². The third-order valence-electron chi connectivity index (χ3n) is 3.98. The molecule has 1 fully saturated rings. The Balaban J connectivity index is 2.26. The number of hydrogen-bond donors (Lipinski definition) is 1. The molecule has 1 aromatic rings. The number of aliphatic hydroxyl groups is 1. The highest BCUT2D eigenvalue weighted by atomic mass is 16.3. The molecule has 2 nitrogen and oxygen atoms in total. The van der Waals surface area contributed by atoms with Crippen molar-refractivity contribution in [2.24, 2.45) is 5.92 Å². The molecule has 0 aromatic carbocycles. The van der Waals surface area contributed by atoms with Crippen LogP contribution < -0.4 is 0 Å². The summed E-state index contributed by atoms with van der Waals surface area (Å²) in [5, 5.41) is 10.8. The van der Waals surface area contributed by atoms with Gasteiger partial charge in [0.05, 0.1) is 5.60 Å². The third-order valence-corrected chi connectivity index (χ3v) is 3.98. The number of rotatable bonds is 2. The van der Waals surface area contributed by atoms with Crippen molar-refractivity contribution in [3.63, 3.8) is 0 Å². The summed E-state index contributed by atoms with van der Waals surface area (Å²) in [5.74, 6) is 0.393. The van der Waals surface area contributed by atoms with Crippen molar-refractivity contribution >= 4 is 0 Å². The van der Waals surface area contributed by atoms with E-state index in [0.29, 0.717) is 5.92 Å². The Labute approximate surface area is 97.7 Å². The Kier molecular flexibility index (Phi) is 3.29. The van der Waals surface area contributed by atoms with Gasteiger partial charge in [-0.15, -0.1) is 0 Å². The second-order valence-electron chi connectivity index (χ2n) is 5.17. The molecule has 1 aliphatic carbocycles. The molecule has 1 unspecified atom stereocenters. The maximum Gasteiger partial charge on any atom is 0.0913 e. The van der Waals surface area contributed by atoms with Gasteiger partial charge in [-0.1, -0.05) is 19.3 Å². The zero-order valence-electron chi connectivity index (χ0n) is 10.2. The zero-order chi connectivity index (χ0) is 11.6. The second-order valence-corrected chi connectivity index (χ2v) is 5.17. The van der Waals surface area contributed by atoms with Gasteiger partial charge in [-0.25, -0.2) is 0 Å². The van der Waals surface area contributed by atoms with Crippen LogP contribution >= 0.6 is 0 Å². The van der Waals surface area contributed by atoms with Crippen LogP contribution in [0, 0.1) is 12.8 Å². The van der Waals surface area contributed by atoms with E-state index in [1.54, 1.807) is 6.20 Å². The maximum absolute atomic E-state index is 10.8. The van der Waals surface area contributed by atoms with Crippen LogP contribution in [0.2, 0.25) is 0 Å². The first kappa shape index (κ1) is 11.6. The SMILES string of the molecule is Cc1ccncc1C(C)(O)C1CCCCC1. The van der Waals surface area contributed by atoms with Crippen LogP contribution in [-0.4, -0.2) is 10.1 Å². The fourth-order valence-electron chi connectivity index (χ4n) is 2.88. The minimum absolute atomic E-state index is 0.393. The summed E-state index contributed by atoms with van der Waals surface area (Å²) in [7, 11) is 0. The van der Waals surface area contributed by atoms with Crippen molar-refractivity contribution in [3.8, 4) is 0 Å². The average Bonchev–Trinajstić information content (AvgIpc) is 2.30. The lowest BCUT2D eigenvalue weighted by Gasteiger charge is -2.36. The molecule has 1 aromatic heterocycles. The Bertz CT molecular complexity index is 354. The molecule has 2 heteroatoms. The topological polar surface area (TPSA) is 33.1 Å². The lowest BCUT2D eigenvalue weighted by Crippen LogP contribution is -2.34. The molecule has 0 bridgehead atoms. The maximum atomic E-state index is 10.8. The largest absolute Gasteiger partial charge is 0.385 e. The number of pyridine rings is 1. The summed E-state index contributed by atoms with van der Waals surface area (Å²) >= 11 is 0. The molecule has 1 aliphatic rings. The molecule has 1 atom stereocenters. The lowest BCUT2D eigenvalue weighted by atomic mass is 9.74. The lowest BCUT2D eigenvalue weighted by molar-refractivity contribution is -0.0222. The van der Waals surface area contributed by atoms with Gasteiger partial charge in [-0.05, 0) is 44.2 Å². The van der Waals surface area contributed by atoms with Crippen LogP contribution in [0.4, 0.5) is 0 Å². The first-order chi connectivity index (χ1) is 7.62. The van der Waals surface area contributed by atoms with E-state index in [1.807, 2.05) is 26.1 Å². The summed E-state index contributed by atoms with van der Waals surface area (Å²) < 4.78 is 0. The fraction of sp³-hybridized carbons (Fsp3) is 0.643. The Hall–Kier alpha value is -0.890. The predicted octanol–water partition coefficient (Wildman–Crippen LogP) is 3.18. The summed E-state index contributed by atoms with van der Waals surface area (Å²) in [5.41, 5.74) is 1.44. The van der Waals surface area contributed by atoms with E-state index in [4.69, 9.17) is 0 Å². The van der Waals surface area contributed by atoms with Gasteiger partial charge in [0.1, 0.15) is 0 Å². The summed E-state index contributed by atoms with van der Waals surface area (Å²) in [4.78, 5) is 4.15. The van der Waals surface area contributed by atoms with Crippen LogP contribution in [0.25, 0.3) is 0 Å². The molecular formula is C14H21NO. The van der Waals surface area contributed by atoms with Crippen molar-refractivity contribution < 1.29 is 5.11 Å². The molecule has 2 rings (SSSR count). The van der Waals surface area contributed by atoms with Crippen LogP contribution in [0.15, 0.2) is 18.5 Å². The molecule has 0 radical (unpaired) electrons. The monoisotopic (exact) mass is 219 g/mol. The van der Waals surface area contributed by atoms with Crippen LogP contribution in [0.1, 0.15) is 50.2 Å². The van der Waals surface area contributed by atoms with Crippen LogP contribution in [0.5, 0.6) is 0 Å². The third kappa shape index (κ3) is 2.12. The molecule has 0 amide bonds. The molecule has 1 heterocycles. The molecule has 0 saturated heterocycles. The molecule has 16 heavy (non-hydrogen) atoms. The highest BCUT2D eigenvalue weighted by Crippen LogP contribution is 2.39. The number of nitrogens with zero attached hydrogens (tertiary/aromatic N) is 1. The molecule has 0 aliphatic heterocycles.